The van der Waals surface area contributed by atoms with Gasteiger partial charge in [0.25, 0.3) is 0 Å². The van der Waals surface area contributed by atoms with Crippen LogP contribution >= 0.6 is 11.6 Å². The molecule has 30 heavy (non-hydrogen) atoms. The van der Waals surface area contributed by atoms with Crippen LogP contribution in [-0.4, -0.2) is 43.5 Å². The van der Waals surface area contributed by atoms with Crippen molar-refractivity contribution < 1.29 is 19.2 Å². The highest BCUT2D eigenvalue weighted by Gasteiger charge is 2.42. The molecule has 1 amide bonds. The van der Waals surface area contributed by atoms with Crippen molar-refractivity contribution in [3.05, 3.63) is 41.2 Å². The number of cyclic esters (lactones) is 1. The molecule has 1 aliphatic rings. The van der Waals surface area contributed by atoms with Gasteiger partial charge in [-0.25, -0.2) is 4.79 Å². The van der Waals surface area contributed by atoms with Crippen LogP contribution in [0.4, 0.5) is 16.6 Å². The minimum Gasteiger partial charge on any atom is -0.493 e. The van der Waals surface area contributed by atoms with Crippen LogP contribution in [0.1, 0.15) is 32.7 Å². The van der Waals surface area contributed by atoms with Gasteiger partial charge in [0, 0.05) is 16.7 Å². The van der Waals surface area contributed by atoms with Crippen molar-refractivity contribution >= 4 is 29.5 Å². The first-order valence-electron chi connectivity index (χ1n) is 9.14. The first kappa shape index (κ1) is 19.9. The molecule has 0 bridgehead atoms. The number of ether oxygens (including phenoxy) is 1. The van der Waals surface area contributed by atoms with E-state index < -0.39 is 17.7 Å². The Bertz CT molecular complexity index is 1080. The van der Waals surface area contributed by atoms with E-state index in [2.05, 4.69) is 25.4 Å². The summed E-state index contributed by atoms with van der Waals surface area (Å²) in [6, 6.07) is 7.89. The molecule has 3 heterocycles. The molecule has 1 aliphatic heterocycles. The van der Waals surface area contributed by atoms with Crippen LogP contribution in [-0.2, 0) is 4.74 Å². The molecule has 1 fully saturated rings. The van der Waals surface area contributed by atoms with Crippen molar-refractivity contribution in [3.8, 4) is 17.3 Å². The molecule has 1 unspecified atom stereocenters. The second kappa shape index (κ2) is 7.45. The molecule has 0 radical (unpaired) electrons. The number of halogens is 1. The highest BCUT2D eigenvalue weighted by Crippen LogP contribution is 2.31. The molecule has 2 aromatic heterocycles. The van der Waals surface area contributed by atoms with Crippen molar-refractivity contribution in [2.24, 2.45) is 0 Å². The number of rotatable bonds is 5. The van der Waals surface area contributed by atoms with E-state index >= 15 is 0 Å². The van der Waals surface area contributed by atoms with Crippen molar-refractivity contribution in [3.63, 3.8) is 0 Å². The van der Waals surface area contributed by atoms with Crippen molar-refractivity contribution in [1.82, 2.24) is 20.1 Å². The van der Waals surface area contributed by atoms with Gasteiger partial charge in [-0.05, 0) is 45.0 Å². The summed E-state index contributed by atoms with van der Waals surface area (Å²) in [4.78, 5) is 26.2. The van der Waals surface area contributed by atoms with Crippen molar-refractivity contribution in [1.29, 1.82) is 0 Å². The van der Waals surface area contributed by atoms with E-state index in [-0.39, 0.29) is 24.3 Å². The summed E-state index contributed by atoms with van der Waals surface area (Å²) in [6.07, 6.45) is -0.540. The quantitative estimate of drug-likeness (QED) is 0.621. The van der Waals surface area contributed by atoms with Gasteiger partial charge in [-0.2, -0.15) is 15.0 Å². The van der Waals surface area contributed by atoms with Gasteiger partial charge < -0.3 is 19.7 Å². The fourth-order valence-electron chi connectivity index (χ4n) is 3.00. The minimum atomic E-state index is -0.610. The van der Waals surface area contributed by atoms with Crippen LogP contribution in [0.15, 0.2) is 34.9 Å². The molecule has 1 aromatic carbocycles. The normalized spacial score (nSPS) is 16.4. The molecule has 3 aromatic rings. The van der Waals surface area contributed by atoms with Gasteiger partial charge in [-0.15, -0.1) is 0 Å². The van der Waals surface area contributed by atoms with E-state index in [9.17, 15) is 9.90 Å². The molecule has 1 saturated heterocycles. The second-order valence-electron chi connectivity index (χ2n) is 7.44. The lowest BCUT2D eigenvalue weighted by molar-refractivity contribution is 0.175. The number of amides is 1. The number of aromatic nitrogens is 4. The number of nitrogens with one attached hydrogen (secondary N) is 1. The smallest absolute Gasteiger partial charge is 0.416 e. The summed E-state index contributed by atoms with van der Waals surface area (Å²) in [5, 5.41) is 17.6. The molecule has 0 spiro atoms. The second-order valence-corrected chi connectivity index (χ2v) is 7.88. The lowest BCUT2D eigenvalue weighted by Gasteiger charge is -2.27. The number of aromatic hydroxyl groups is 1. The number of anilines is 2. The number of hydrogen-bond acceptors (Lipinski definition) is 9. The van der Waals surface area contributed by atoms with E-state index in [0.717, 1.165) is 5.56 Å². The Morgan fingerprint density at radius 2 is 1.97 bits per heavy atom. The number of benzene rings is 1. The molecule has 0 saturated carbocycles. The van der Waals surface area contributed by atoms with E-state index in [1.54, 1.807) is 31.2 Å². The van der Waals surface area contributed by atoms with Gasteiger partial charge in [0.05, 0.1) is 5.54 Å². The maximum atomic E-state index is 12.1. The fraction of sp³-hybridized carbons (Fsp3) is 0.316. The lowest BCUT2D eigenvalue weighted by atomic mass is 10.1. The third-order valence-corrected chi connectivity index (χ3v) is 4.78. The van der Waals surface area contributed by atoms with Crippen molar-refractivity contribution in [2.45, 2.75) is 32.4 Å². The Morgan fingerprint density at radius 3 is 2.63 bits per heavy atom. The standard InChI is InChI=1S/C19H19ClN6O4/c1-10(16-24-15(25-30-16)11-4-6-12(20)7-5-11)21-17-22-13(8-14(27)23-17)26-18(28)29-9-19(26,2)3/h4-8,10H,9H2,1-3H3,(H2,21,22,23,27). The average Bonchev–Trinajstić information content (AvgIpc) is 3.26. The highest BCUT2D eigenvalue weighted by molar-refractivity contribution is 6.30. The largest absolute Gasteiger partial charge is 0.493 e. The van der Waals surface area contributed by atoms with Crippen molar-refractivity contribution in [2.75, 3.05) is 16.8 Å². The van der Waals surface area contributed by atoms with E-state index in [1.165, 1.54) is 11.0 Å². The Labute approximate surface area is 176 Å². The van der Waals surface area contributed by atoms with Gasteiger partial charge in [-0.1, -0.05) is 16.8 Å². The van der Waals surface area contributed by atoms with Gasteiger partial charge in [0.15, 0.2) is 0 Å². The van der Waals surface area contributed by atoms with Crippen LogP contribution < -0.4 is 10.2 Å². The van der Waals surface area contributed by atoms with Gasteiger partial charge in [0.2, 0.25) is 23.5 Å². The summed E-state index contributed by atoms with van der Waals surface area (Å²) >= 11 is 5.90. The summed E-state index contributed by atoms with van der Waals surface area (Å²) < 4.78 is 10.4. The van der Waals surface area contributed by atoms with Crippen LogP contribution in [0.2, 0.25) is 5.02 Å². The number of hydrogen-bond donors (Lipinski definition) is 2. The molecule has 0 aliphatic carbocycles. The Balaban J connectivity index is 1.55. The molecule has 11 heteroatoms. The molecular weight excluding hydrogens is 412 g/mol. The first-order chi connectivity index (χ1) is 14.2. The Kier molecular flexibility index (Phi) is 4.94. The van der Waals surface area contributed by atoms with E-state index in [1.807, 2.05) is 13.8 Å². The zero-order chi connectivity index (χ0) is 21.5. The monoisotopic (exact) mass is 430 g/mol. The summed E-state index contributed by atoms with van der Waals surface area (Å²) in [5.74, 6) is 0.734. The number of carbonyl (C=O) groups excluding carboxylic acids is 1. The predicted molar refractivity (Wildman–Crippen MR) is 108 cm³/mol. The van der Waals surface area contributed by atoms with Crippen LogP contribution in [0, 0.1) is 0 Å². The Morgan fingerprint density at radius 1 is 1.23 bits per heavy atom. The minimum absolute atomic E-state index is 0.0965. The van der Waals surface area contributed by atoms with Gasteiger partial charge >= 0.3 is 6.09 Å². The molecule has 1 atom stereocenters. The summed E-state index contributed by atoms with van der Waals surface area (Å²) in [5.41, 5.74) is 0.146. The molecular formula is C19H19ClN6O4. The summed E-state index contributed by atoms with van der Waals surface area (Å²) in [7, 11) is 0. The molecule has 10 nitrogen and oxygen atoms in total. The SMILES string of the molecule is CC(Nc1nc(O)cc(N2C(=O)OCC2(C)C)n1)c1nc(-c2ccc(Cl)cc2)no1. The molecule has 2 N–H and O–H groups in total. The number of nitrogens with zero attached hydrogens (tertiary/aromatic N) is 5. The third-order valence-electron chi connectivity index (χ3n) is 4.53. The fourth-order valence-corrected chi connectivity index (χ4v) is 3.13. The van der Waals surface area contributed by atoms with Crippen LogP contribution in [0.5, 0.6) is 5.88 Å². The summed E-state index contributed by atoms with van der Waals surface area (Å²) in [6.45, 7) is 5.67. The maximum Gasteiger partial charge on any atom is 0.416 e. The highest BCUT2D eigenvalue weighted by atomic mass is 35.5. The van der Waals surface area contributed by atoms with Gasteiger partial charge in [0.1, 0.15) is 18.5 Å². The lowest BCUT2D eigenvalue weighted by Crippen LogP contribution is -2.42. The van der Waals surface area contributed by atoms with Crippen LogP contribution in [0.3, 0.4) is 0 Å². The zero-order valence-corrected chi connectivity index (χ0v) is 17.2. The number of carbonyl (C=O) groups is 1. The van der Waals surface area contributed by atoms with Crippen LogP contribution in [0.25, 0.3) is 11.4 Å². The molecule has 4 rings (SSSR count). The predicted octanol–water partition coefficient (Wildman–Crippen LogP) is 3.79. The third kappa shape index (κ3) is 3.86. The Hall–Kier alpha value is -3.40. The van der Waals surface area contributed by atoms with E-state index in [0.29, 0.717) is 16.7 Å². The molecule has 156 valence electrons. The maximum absolute atomic E-state index is 12.1. The topological polar surface area (TPSA) is 127 Å². The zero-order valence-electron chi connectivity index (χ0n) is 16.5. The van der Waals surface area contributed by atoms with E-state index in [4.69, 9.17) is 20.9 Å². The van der Waals surface area contributed by atoms with Gasteiger partial charge in [-0.3, -0.25) is 4.90 Å². The first-order valence-corrected chi connectivity index (χ1v) is 9.52. The average molecular weight is 431 g/mol.